The maximum absolute atomic E-state index is 9.59. The number of rotatable bonds is 2. The second-order valence-electron chi connectivity index (χ2n) is 4.46. The van der Waals surface area contributed by atoms with Crippen LogP contribution in [-0.4, -0.2) is 28.2 Å². The summed E-state index contributed by atoms with van der Waals surface area (Å²) in [5.74, 6) is 0. The fourth-order valence-corrected chi connectivity index (χ4v) is 1.69. The first-order valence-corrected chi connectivity index (χ1v) is 4.98. The molecule has 1 aromatic rings. The monoisotopic (exact) mass is 207 g/mol. The van der Waals surface area contributed by atoms with Crippen LogP contribution in [0.4, 0.5) is 0 Å². The summed E-state index contributed by atoms with van der Waals surface area (Å²) in [6, 6.07) is 7.94. The van der Waals surface area contributed by atoms with Crippen molar-refractivity contribution >= 4 is 5.71 Å². The molecule has 3 N–H and O–H groups in total. The summed E-state index contributed by atoms with van der Waals surface area (Å²) in [7, 11) is 1.59. The van der Waals surface area contributed by atoms with Gasteiger partial charge < -0.3 is 5.73 Å². The topological polar surface area (TPSA) is 49.3 Å². The molecular formula is C12H19N2O+. The molecule has 15 heavy (non-hydrogen) atoms. The first-order valence-electron chi connectivity index (χ1n) is 4.98. The number of nitrogens with two attached hydrogens (primary N) is 1. The van der Waals surface area contributed by atoms with Crippen molar-refractivity contribution in [2.75, 3.05) is 7.05 Å². The zero-order chi connectivity index (χ0) is 11.6. The second-order valence-corrected chi connectivity index (χ2v) is 4.46. The van der Waals surface area contributed by atoms with Gasteiger partial charge in [0.1, 0.15) is 5.54 Å². The van der Waals surface area contributed by atoms with Crippen LogP contribution in [0.5, 0.6) is 0 Å². The lowest BCUT2D eigenvalue weighted by Crippen LogP contribution is -2.46. The second kappa shape index (κ2) is 4.03. The first kappa shape index (κ1) is 11.7. The van der Waals surface area contributed by atoms with Crippen LogP contribution in [0.15, 0.2) is 24.3 Å². The van der Waals surface area contributed by atoms with E-state index in [9.17, 15) is 5.21 Å². The molecule has 0 aliphatic rings. The van der Waals surface area contributed by atoms with Crippen molar-refractivity contribution in [2.24, 2.45) is 5.73 Å². The standard InChI is InChI=1S/C12H19N2O/c1-9-5-7-10(8-6-9)11(14(4)15)12(2,3)13/h5-8,15H,13H2,1-4H3/q+1/b14-11-. The van der Waals surface area contributed by atoms with Gasteiger partial charge in [-0.3, -0.25) is 5.21 Å². The Morgan fingerprint density at radius 1 is 1.27 bits per heavy atom. The maximum atomic E-state index is 9.59. The minimum Gasteiger partial charge on any atom is -0.317 e. The van der Waals surface area contributed by atoms with Gasteiger partial charge in [0.2, 0.25) is 0 Å². The highest BCUT2D eigenvalue weighted by Gasteiger charge is 2.30. The van der Waals surface area contributed by atoms with Crippen LogP contribution in [0.2, 0.25) is 0 Å². The Kier molecular flexibility index (Phi) is 3.15. The van der Waals surface area contributed by atoms with E-state index in [1.54, 1.807) is 7.05 Å². The van der Waals surface area contributed by atoms with Crippen LogP contribution in [0.1, 0.15) is 25.0 Å². The number of aryl methyl sites for hydroxylation is 1. The molecule has 0 heterocycles. The van der Waals surface area contributed by atoms with E-state index in [1.807, 2.05) is 45.0 Å². The van der Waals surface area contributed by atoms with Crippen LogP contribution in [0, 0.1) is 6.92 Å². The minimum atomic E-state index is -0.571. The molecule has 0 aliphatic heterocycles. The summed E-state index contributed by atoms with van der Waals surface area (Å²) in [5.41, 5.74) is 8.28. The van der Waals surface area contributed by atoms with E-state index in [0.29, 0.717) is 5.71 Å². The summed E-state index contributed by atoms with van der Waals surface area (Å²) in [5, 5.41) is 9.59. The summed E-state index contributed by atoms with van der Waals surface area (Å²) in [4.78, 5) is 0. The van der Waals surface area contributed by atoms with Crippen LogP contribution in [0.25, 0.3) is 0 Å². The van der Waals surface area contributed by atoms with Gasteiger partial charge in [-0.25, -0.2) is 0 Å². The summed E-state index contributed by atoms with van der Waals surface area (Å²) >= 11 is 0. The molecule has 1 rings (SSSR count). The van der Waals surface area contributed by atoms with E-state index in [0.717, 1.165) is 10.3 Å². The van der Waals surface area contributed by atoms with Crippen molar-refractivity contribution in [2.45, 2.75) is 26.3 Å². The van der Waals surface area contributed by atoms with Crippen LogP contribution >= 0.6 is 0 Å². The molecule has 0 radical (unpaired) electrons. The van der Waals surface area contributed by atoms with Crippen molar-refractivity contribution in [3.05, 3.63) is 35.4 Å². The molecule has 0 saturated heterocycles. The molecule has 3 heteroatoms. The van der Waals surface area contributed by atoms with Gasteiger partial charge in [-0.1, -0.05) is 17.7 Å². The van der Waals surface area contributed by atoms with Gasteiger partial charge in [-0.05, 0) is 37.6 Å². The Bertz CT molecular complexity index is 368. The quantitative estimate of drug-likeness (QED) is 0.334. The highest BCUT2D eigenvalue weighted by Crippen LogP contribution is 2.12. The van der Waals surface area contributed by atoms with E-state index in [2.05, 4.69) is 0 Å². The average molecular weight is 207 g/mol. The highest BCUT2D eigenvalue weighted by molar-refractivity contribution is 6.03. The lowest BCUT2D eigenvalue weighted by molar-refractivity contribution is -0.755. The van der Waals surface area contributed by atoms with Gasteiger partial charge in [0.15, 0.2) is 7.05 Å². The van der Waals surface area contributed by atoms with E-state index >= 15 is 0 Å². The number of hydrogen-bond acceptors (Lipinski definition) is 2. The van der Waals surface area contributed by atoms with Gasteiger partial charge in [-0.15, -0.1) is 0 Å². The minimum absolute atomic E-state index is 0.571. The highest BCUT2D eigenvalue weighted by atomic mass is 16.5. The molecule has 0 amide bonds. The molecule has 1 aromatic carbocycles. The average Bonchev–Trinajstić information content (AvgIpc) is 2.05. The largest absolute Gasteiger partial charge is 0.317 e. The molecule has 82 valence electrons. The Labute approximate surface area is 90.8 Å². The van der Waals surface area contributed by atoms with Crippen molar-refractivity contribution in [1.29, 1.82) is 0 Å². The zero-order valence-corrected chi connectivity index (χ0v) is 9.78. The van der Waals surface area contributed by atoms with Gasteiger partial charge in [-0.2, -0.15) is 0 Å². The fraction of sp³-hybridized carbons (Fsp3) is 0.417. The molecule has 0 spiro atoms. The summed E-state index contributed by atoms with van der Waals surface area (Å²) in [6.07, 6.45) is 0. The van der Waals surface area contributed by atoms with Crippen LogP contribution < -0.4 is 5.73 Å². The van der Waals surface area contributed by atoms with E-state index < -0.39 is 5.54 Å². The predicted molar refractivity (Wildman–Crippen MR) is 61.5 cm³/mol. The Hall–Kier alpha value is -1.35. The normalized spacial score (nSPS) is 13.7. The molecular weight excluding hydrogens is 188 g/mol. The van der Waals surface area contributed by atoms with Crippen molar-refractivity contribution in [3.63, 3.8) is 0 Å². The third kappa shape index (κ3) is 2.80. The van der Waals surface area contributed by atoms with Crippen molar-refractivity contribution < 1.29 is 9.95 Å². The number of hydrogen-bond donors (Lipinski definition) is 2. The van der Waals surface area contributed by atoms with E-state index in [1.165, 1.54) is 5.56 Å². The SMILES string of the molecule is Cc1ccc(/C(=[N+](\C)O)C(C)(C)N)cc1. The van der Waals surface area contributed by atoms with Gasteiger partial charge >= 0.3 is 0 Å². The van der Waals surface area contributed by atoms with Crippen molar-refractivity contribution in [1.82, 2.24) is 0 Å². The molecule has 0 unspecified atom stereocenters. The fourth-order valence-electron chi connectivity index (χ4n) is 1.69. The molecule has 3 nitrogen and oxygen atoms in total. The Balaban J connectivity index is 3.25. The van der Waals surface area contributed by atoms with Gasteiger partial charge in [0.05, 0.1) is 0 Å². The Morgan fingerprint density at radius 2 is 1.73 bits per heavy atom. The van der Waals surface area contributed by atoms with Crippen LogP contribution in [-0.2, 0) is 0 Å². The molecule has 0 aliphatic carbocycles. The van der Waals surface area contributed by atoms with Gasteiger partial charge in [0, 0.05) is 5.56 Å². The van der Waals surface area contributed by atoms with E-state index in [-0.39, 0.29) is 0 Å². The van der Waals surface area contributed by atoms with Gasteiger partial charge in [0.25, 0.3) is 5.71 Å². The molecule has 0 atom stereocenters. The number of benzene rings is 1. The lowest BCUT2D eigenvalue weighted by Gasteiger charge is -2.16. The molecule has 0 aromatic heterocycles. The first-order chi connectivity index (χ1) is 6.82. The number of hydroxylamine groups is 1. The third-order valence-electron chi connectivity index (χ3n) is 2.26. The third-order valence-corrected chi connectivity index (χ3v) is 2.26. The predicted octanol–water partition coefficient (Wildman–Crippen LogP) is 1.55. The summed E-state index contributed by atoms with van der Waals surface area (Å²) in [6.45, 7) is 5.77. The molecule has 0 bridgehead atoms. The molecule has 0 saturated carbocycles. The Morgan fingerprint density at radius 3 is 2.07 bits per heavy atom. The maximum Gasteiger partial charge on any atom is 0.253 e. The molecule has 0 fully saturated rings. The smallest absolute Gasteiger partial charge is 0.253 e. The lowest BCUT2D eigenvalue weighted by atomic mass is 9.92. The summed E-state index contributed by atoms with van der Waals surface area (Å²) < 4.78 is 1.09. The van der Waals surface area contributed by atoms with Crippen LogP contribution in [0.3, 0.4) is 0 Å². The zero-order valence-electron chi connectivity index (χ0n) is 9.78. The van der Waals surface area contributed by atoms with Crippen molar-refractivity contribution in [3.8, 4) is 0 Å². The van der Waals surface area contributed by atoms with E-state index in [4.69, 9.17) is 5.73 Å². The number of nitrogens with zero attached hydrogens (tertiary/aromatic N) is 1.